The van der Waals surface area contributed by atoms with Gasteiger partial charge in [0.25, 0.3) is 0 Å². The lowest BCUT2D eigenvalue weighted by molar-refractivity contribution is -0.158. The standard InChI is InChI=1S/C17H22O3/c1-12(2)10-15(11-14-8-6-5-7-9-14)16(18)17(19)20-13(3)4/h5-9,13,15H,1,10-11H2,2-4H3. The molecule has 0 aromatic heterocycles. The number of hydrogen-bond donors (Lipinski definition) is 0. The van der Waals surface area contributed by atoms with Gasteiger partial charge in [-0.15, -0.1) is 6.58 Å². The van der Waals surface area contributed by atoms with Crippen LogP contribution in [0.4, 0.5) is 0 Å². The van der Waals surface area contributed by atoms with Crippen molar-refractivity contribution >= 4 is 11.8 Å². The highest BCUT2D eigenvalue weighted by atomic mass is 16.5. The van der Waals surface area contributed by atoms with Crippen molar-refractivity contribution in [3.05, 3.63) is 48.0 Å². The molecular weight excluding hydrogens is 252 g/mol. The maximum Gasteiger partial charge on any atom is 0.375 e. The minimum Gasteiger partial charge on any atom is -0.457 e. The summed E-state index contributed by atoms with van der Waals surface area (Å²) in [6.07, 6.45) is 0.745. The number of Topliss-reactive ketones (excluding diaryl/α,β-unsaturated/α-hetero) is 1. The van der Waals surface area contributed by atoms with Crippen molar-refractivity contribution in [2.24, 2.45) is 5.92 Å². The lowest BCUT2D eigenvalue weighted by atomic mass is 9.90. The van der Waals surface area contributed by atoms with Gasteiger partial charge in [0.15, 0.2) is 0 Å². The van der Waals surface area contributed by atoms with Gasteiger partial charge in [-0.3, -0.25) is 4.79 Å². The SMILES string of the molecule is C=C(C)CC(Cc1ccccc1)C(=O)C(=O)OC(C)C. The maximum atomic E-state index is 12.2. The molecule has 0 radical (unpaired) electrons. The molecule has 1 atom stereocenters. The quantitative estimate of drug-likeness (QED) is 0.435. The van der Waals surface area contributed by atoms with Gasteiger partial charge in [-0.1, -0.05) is 35.9 Å². The molecule has 3 heteroatoms. The topological polar surface area (TPSA) is 43.4 Å². The molecule has 0 spiro atoms. The van der Waals surface area contributed by atoms with Gasteiger partial charge >= 0.3 is 5.97 Å². The summed E-state index contributed by atoms with van der Waals surface area (Å²) in [5, 5.41) is 0. The van der Waals surface area contributed by atoms with E-state index < -0.39 is 17.7 Å². The van der Waals surface area contributed by atoms with Crippen LogP contribution in [0.2, 0.25) is 0 Å². The van der Waals surface area contributed by atoms with E-state index in [2.05, 4.69) is 6.58 Å². The van der Waals surface area contributed by atoms with E-state index in [0.717, 1.165) is 11.1 Å². The van der Waals surface area contributed by atoms with Crippen molar-refractivity contribution < 1.29 is 14.3 Å². The molecule has 0 N–H and O–H groups in total. The third kappa shape index (κ3) is 5.39. The minimum absolute atomic E-state index is 0.284. The summed E-state index contributed by atoms with van der Waals surface area (Å²) in [5.41, 5.74) is 1.92. The summed E-state index contributed by atoms with van der Waals surface area (Å²) in [6, 6.07) is 9.67. The Morgan fingerprint density at radius 2 is 1.80 bits per heavy atom. The number of ether oxygens (including phenoxy) is 1. The van der Waals surface area contributed by atoms with Gasteiger partial charge in [0, 0.05) is 5.92 Å². The molecule has 0 saturated carbocycles. The molecule has 0 heterocycles. The van der Waals surface area contributed by atoms with Gasteiger partial charge in [-0.25, -0.2) is 4.79 Å². The van der Waals surface area contributed by atoms with Gasteiger partial charge in [-0.2, -0.15) is 0 Å². The van der Waals surface area contributed by atoms with Gasteiger partial charge in [0.05, 0.1) is 6.10 Å². The van der Waals surface area contributed by atoms with Crippen molar-refractivity contribution in [3.63, 3.8) is 0 Å². The molecule has 0 aliphatic carbocycles. The number of carbonyl (C=O) groups excluding carboxylic acids is 2. The molecule has 0 aliphatic heterocycles. The van der Waals surface area contributed by atoms with Gasteiger partial charge in [0.1, 0.15) is 0 Å². The Balaban J connectivity index is 2.81. The number of ketones is 1. The van der Waals surface area contributed by atoms with Crippen LogP contribution in [0.15, 0.2) is 42.5 Å². The van der Waals surface area contributed by atoms with Crippen LogP contribution in [-0.2, 0) is 20.7 Å². The average Bonchev–Trinajstić information content (AvgIpc) is 2.37. The fourth-order valence-corrected chi connectivity index (χ4v) is 2.02. The molecule has 108 valence electrons. The Labute approximate surface area is 120 Å². The first-order chi connectivity index (χ1) is 9.40. The molecule has 3 nitrogen and oxygen atoms in total. The highest BCUT2D eigenvalue weighted by Crippen LogP contribution is 2.18. The van der Waals surface area contributed by atoms with E-state index in [1.807, 2.05) is 37.3 Å². The molecule has 0 aliphatic rings. The largest absolute Gasteiger partial charge is 0.457 e. The molecule has 0 bridgehead atoms. The summed E-state index contributed by atoms with van der Waals surface area (Å²) in [5.74, 6) is -1.62. The molecule has 0 saturated heterocycles. The highest BCUT2D eigenvalue weighted by molar-refractivity contribution is 6.34. The summed E-state index contributed by atoms with van der Waals surface area (Å²) in [6.45, 7) is 9.16. The van der Waals surface area contributed by atoms with Crippen LogP contribution in [0.1, 0.15) is 32.8 Å². The van der Waals surface area contributed by atoms with Gasteiger partial charge in [0.2, 0.25) is 5.78 Å². The lowest BCUT2D eigenvalue weighted by Gasteiger charge is -2.16. The minimum atomic E-state index is -0.748. The Morgan fingerprint density at radius 3 is 2.30 bits per heavy atom. The zero-order valence-electron chi connectivity index (χ0n) is 12.4. The van der Waals surface area contributed by atoms with Crippen LogP contribution < -0.4 is 0 Å². The fraction of sp³-hybridized carbons (Fsp3) is 0.412. The van der Waals surface area contributed by atoms with Crippen molar-refractivity contribution in [1.82, 2.24) is 0 Å². The number of hydrogen-bond acceptors (Lipinski definition) is 3. The third-order valence-electron chi connectivity index (χ3n) is 2.83. The van der Waals surface area contributed by atoms with E-state index in [1.54, 1.807) is 13.8 Å². The Bertz CT molecular complexity index is 474. The van der Waals surface area contributed by atoms with Crippen LogP contribution in [0.25, 0.3) is 0 Å². The number of esters is 1. The zero-order chi connectivity index (χ0) is 15.1. The van der Waals surface area contributed by atoms with Gasteiger partial charge < -0.3 is 4.74 Å². The zero-order valence-corrected chi connectivity index (χ0v) is 12.4. The molecule has 1 unspecified atom stereocenters. The Morgan fingerprint density at radius 1 is 1.20 bits per heavy atom. The second-order valence-corrected chi connectivity index (χ2v) is 5.37. The van der Waals surface area contributed by atoms with Crippen LogP contribution >= 0.6 is 0 Å². The first-order valence-electron chi connectivity index (χ1n) is 6.83. The normalized spacial score (nSPS) is 12.0. The molecule has 1 rings (SSSR count). The molecule has 0 amide bonds. The van der Waals surface area contributed by atoms with E-state index in [-0.39, 0.29) is 6.10 Å². The molecule has 20 heavy (non-hydrogen) atoms. The van der Waals surface area contributed by atoms with Crippen LogP contribution in [0.3, 0.4) is 0 Å². The van der Waals surface area contributed by atoms with E-state index >= 15 is 0 Å². The summed E-state index contributed by atoms with van der Waals surface area (Å²) < 4.78 is 4.99. The van der Waals surface area contributed by atoms with Crippen molar-refractivity contribution in [2.75, 3.05) is 0 Å². The van der Waals surface area contributed by atoms with Crippen LogP contribution in [0.5, 0.6) is 0 Å². The van der Waals surface area contributed by atoms with E-state index in [0.29, 0.717) is 12.8 Å². The van der Waals surface area contributed by atoms with Crippen LogP contribution in [-0.4, -0.2) is 17.9 Å². The molecule has 1 aromatic carbocycles. The first kappa shape index (κ1) is 16.2. The first-order valence-corrected chi connectivity index (χ1v) is 6.83. The van der Waals surface area contributed by atoms with E-state index in [9.17, 15) is 9.59 Å². The molecule has 1 aromatic rings. The smallest absolute Gasteiger partial charge is 0.375 e. The van der Waals surface area contributed by atoms with Crippen LogP contribution in [0, 0.1) is 5.92 Å². The lowest BCUT2D eigenvalue weighted by Crippen LogP contribution is -2.29. The second-order valence-electron chi connectivity index (χ2n) is 5.37. The van der Waals surface area contributed by atoms with Crippen molar-refractivity contribution in [1.29, 1.82) is 0 Å². The van der Waals surface area contributed by atoms with Crippen molar-refractivity contribution in [2.45, 2.75) is 39.7 Å². The third-order valence-corrected chi connectivity index (χ3v) is 2.83. The predicted octanol–water partition coefficient (Wildman–Crippen LogP) is 3.33. The van der Waals surface area contributed by atoms with E-state index in [4.69, 9.17) is 4.74 Å². The number of benzene rings is 1. The predicted molar refractivity (Wildman–Crippen MR) is 79.3 cm³/mol. The highest BCUT2D eigenvalue weighted by Gasteiger charge is 2.27. The fourth-order valence-electron chi connectivity index (χ4n) is 2.02. The summed E-state index contributed by atoms with van der Waals surface area (Å²) in [7, 11) is 0. The van der Waals surface area contributed by atoms with Crippen molar-refractivity contribution in [3.8, 4) is 0 Å². The van der Waals surface area contributed by atoms with E-state index in [1.165, 1.54) is 0 Å². The average molecular weight is 274 g/mol. The number of allylic oxidation sites excluding steroid dienone is 1. The number of rotatable bonds is 7. The van der Waals surface area contributed by atoms with Gasteiger partial charge in [-0.05, 0) is 39.2 Å². The Hall–Kier alpha value is -1.90. The Kier molecular flexibility index (Phi) is 6.16. The molecular formula is C17H22O3. The second kappa shape index (κ2) is 7.63. The number of carbonyl (C=O) groups is 2. The maximum absolute atomic E-state index is 12.2. The summed E-state index contributed by atoms with van der Waals surface area (Å²) in [4.78, 5) is 24.0. The molecule has 0 fully saturated rings. The monoisotopic (exact) mass is 274 g/mol. The summed E-state index contributed by atoms with van der Waals surface area (Å²) >= 11 is 0.